The molecule has 0 aromatic heterocycles. The van der Waals surface area contributed by atoms with Crippen molar-refractivity contribution in [3.63, 3.8) is 0 Å². The molecule has 1 saturated heterocycles. The molecule has 1 aromatic carbocycles. The maximum atomic E-state index is 5.73. The molecular formula is C12H14OS. The highest BCUT2D eigenvalue weighted by Crippen LogP contribution is 2.27. The molecule has 1 atom stereocenters. The maximum absolute atomic E-state index is 5.73. The lowest BCUT2D eigenvalue weighted by atomic mass is 10.0. The van der Waals surface area contributed by atoms with Crippen molar-refractivity contribution in [2.24, 2.45) is 0 Å². The average Bonchev–Trinajstić information content (AvgIpc) is 2.44. The molecule has 14 heavy (non-hydrogen) atoms. The Kier molecular flexibility index (Phi) is 3.14. The summed E-state index contributed by atoms with van der Waals surface area (Å²) in [7, 11) is 0. The zero-order chi connectivity index (χ0) is 9.80. The molecular weight excluding hydrogens is 192 g/mol. The van der Waals surface area contributed by atoms with Gasteiger partial charge in [-0.05, 0) is 37.0 Å². The molecule has 0 amide bonds. The molecule has 1 aromatic rings. The molecule has 1 aliphatic heterocycles. The van der Waals surface area contributed by atoms with E-state index in [2.05, 4.69) is 12.1 Å². The van der Waals surface area contributed by atoms with Crippen molar-refractivity contribution >= 4 is 17.3 Å². The molecule has 0 radical (unpaired) electrons. The van der Waals surface area contributed by atoms with Gasteiger partial charge in [0.25, 0.3) is 0 Å². The van der Waals surface area contributed by atoms with Crippen LogP contribution in [0.1, 0.15) is 37.4 Å². The summed E-state index contributed by atoms with van der Waals surface area (Å²) in [5.74, 6) is 0. The van der Waals surface area contributed by atoms with Gasteiger partial charge in [-0.2, -0.15) is 0 Å². The molecule has 1 nitrogen and oxygen atoms in total. The highest BCUT2D eigenvalue weighted by atomic mass is 32.1. The third kappa shape index (κ3) is 2.32. The van der Waals surface area contributed by atoms with E-state index in [9.17, 15) is 0 Å². The Morgan fingerprint density at radius 3 is 2.71 bits per heavy atom. The molecule has 0 aliphatic carbocycles. The first-order valence-corrected chi connectivity index (χ1v) is 5.51. The van der Waals surface area contributed by atoms with Gasteiger partial charge in [-0.15, -0.1) is 0 Å². The van der Waals surface area contributed by atoms with Gasteiger partial charge in [0.05, 0.1) is 0 Å². The van der Waals surface area contributed by atoms with Crippen molar-refractivity contribution in [2.75, 3.05) is 0 Å². The summed E-state index contributed by atoms with van der Waals surface area (Å²) in [6.07, 6.45) is 4.59. The lowest BCUT2D eigenvalue weighted by molar-refractivity contribution is 0.190. The molecule has 1 aliphatic rings. The van der Waals surface area contributed by atoms with Crippen LogP contribution >= 0.6 is 12.2 Å². The number of rotatable bonds is 1. The van der Waals surface area contributed by atoms with Gasteiger partial charge in [-0.25, -0.2) is 0 Å². The highest BCUT2D eigenvalue weighted by Gasteiger charge is 2.17. The fourth-order valence-electron chi connectivity index (χ4n) is 1.78. The maximum Gasteiger partial charge on any atom is 0.160 e. The van der Waals surface area contributed by atoms with Crippen molar-refractivity contribution in [3.05, 3.63) is 35.9 Å². The van der Waals surface area contributed by atoms with Gasteiger partial charge in [0, 0.05) is 6.42 Å². The minimum Gasteiger partial charge on any atom is -0.479 e. The highest BCUT2D eigenvalue weighted by molar-refractivity contribution is 7.80. The standard InChI is InChI=1S/C12H14OS/c14-12-9-5-4-8-11(13-12)10-6-2-1-3-7-10/h1-3,6-7,11H,4-5,8-9H2. The summed E-state index contributed by atoms with van der Waals surface area (Å²) >= 11 is 5.15. The molecule has 0 spiro atoms. The second kappa shape index (κ2) is 4.56. The van der Waals surface area contributed by atoms with Crippen molar-refractivity contribution in [1.82, 2.24) is 0 Å². The largest absolute Gasteiger partial charge is 0.479 e. The molecule has 1 fully saturated rings. The first-order valence-electron chi connectivity index (χ1n) is 5.11. The van der Waals surface area contributed by atoms with E-state index >= 15 is 0 Å². The number of hydrogen-bond donors (Lipinski definition) is 0. The Bertz CT molecular complexity index is 307. The van der Waals surface area contributed by atoms with Crippen molar-refractivity contribution < 1.29 is 4.74 Å². The first kappa shape index (κ1) is 9.66. The van der Waals surface area contributed by atoms with E-state index in [1.54, 1.807) is 0 Å². The zero-order valence-electron chi connectivity index (χ0n) is 8.11. The number of benzene rings is 1. The summed E-state index contributed by atoms with van der Waals surface area (Å²) < 4.78 is 5.73. The Hall–Kier alpha value is -0.890. The van der Waals surface area contributed by atoms with Crippen molar-refractivity contribution in [2.45, 2.75) is 31.8 Å². The smallest absolute Gasteiger partial charge is 0.160 e. The Morgan fingerprint density at radius 2 is 1.93 bits per heavy atom. The number of thiocarbonyl (C=S) groups is 1. The van der Waals surface area contributed by atoms with Gasteiger partial charge in [-0.3, -0.25) is 0 Å². The van der Waals surface area contributed by atoms with E-state index in [-0.39, 0.29) is 6.10 Å². The molecule has 2 heteroatoms. The van der Waals surface area contributed by atoms with Gasteiger partial charge in [0.2, 0.25) is 0 Å². The molecule has 0 bridgehead atoms. The van der Waals surface area contributed by atoms with Crippen LogP contribution < -0.4 is 0 Å². The summed E-state index contributed by atoms with van der Waals surface area (Å²) in [6.45, 7) is 0. The van der Waals surface area contributed by atoms with Gasteiger partial charge >= 0.3 is 0 Å². The Balaban J connectivity index is 2.13. The average molecular weight is 206 g/mol. The van der Waals surface area contributed by atoms with Crippen LogP contribution in [0.5, 0.6) is 0 Å². The van der Waals surface area contributed by atoms with Crippen molar-refractivity contribution in [1.29, 1.82) is 0 Å². The van der Waals surface area contributed by atoms with Gasteiger partial charge in [0.1, 0.15) is 6.10 Å². The van der Waals surface area contributed by atoms with Crippen LogP contribution in [0.4, 0.5) is 0 Å². The second-order valence-corrected chi connectivity index (χ2v) is 4.09. The fraction of sp³-hybridized carbons (Fsp3) is 0.417. The van der Waals surface area contributed by atoms with Crippen molar-refractivity contribution in [3.8, 4) is 0 Å². The van der Waals surface area contributed by atoms with Gasteiger partial charge in [0.15, 0.2) is 5.05 Å². The van der Waals surface area contributed by atoms with E-state index in [0.717, 1.165) is 17.9 Å². The third-order valence-electron chi connectivity index (χ3n) is 2.54. The summed E-state index contributed by atoms with van der Waals surface area (Å²) in [5, 5.41) is 0.774. The van der Waals surface area contributed by atoms with Crippen LogP contribution in [0, 0.1) is 0 Å². The lowest BCUT2D eigenvalue weighted by Gasteiger charge is -2.16. The predicted octanol–water partition coefficient (Wildman–Crippen LogP) is 3.65. The zero-order valence-corrected chi connectivity index (χ0v) is 8.93. The summed E-state index contributed by atoms with van der Waals surface area (Å²) in [4.78, 5) is 0. The van der Waals surface area contributed by atoms with Crippen LogP contribution in [-0.2, 0) is 4.74 Å². The molecule has 74 valence electrons. The molecule has 2 rings (SSSR count). The van der Waals surface area contributed by atoms with Crippen LogP contribution in [0.25, 0.3) is 0 Å². The number of ether oxygens (including phenoxy) is 1. The molecule has 0 saturated carbocycles. The van der Waals surface area contributed by atoms with Gasteiger partial charge in [-0.1, -0.05) is 30.3 Å². The second-order valence-electron chi connectivity index (χ2n) is 3.63. The van der Waals surface area contributed by atoms with Crippen LogP contribution in [-0.4, -0.2) is 5.05 Å². The van der Waals surface area contributed by atoms with E-state index < -0.39 is 0 Å². The van der Waals surface area contributed by atoms with E-state index in [1.165, 1.54) is 18.4 Å². The monoisotopic (exact) mass is 206 g/mol. The lowest BCUT2D eigenvalue weighted by Crippen LogP contribution is -2.05. The molecule has 1 heterocycles. The summed E-state index contributed by atoms with van der Waals surface area (Å²) in [5.41, 5.74) is 1.25. The Labute approximate surface area is 90.1 Å². The molecule has 1 unspecified atom stereocenters. The Morgan fingerprint density at radius 1 is 1.14 bits per heavy atom. The van der Waals surface area contributed by atoms with E-state index in [4.69, 9.17) is 17.0 Å². The molecule has 0 N–H and O–H groups in total. The van der Waals surface area contributed by atoms with E-state index in [1.807, 2.05) is 18.2 Å². The van der Waals surface area contributed by atoms with Crippen LogP contribution in [0.15, 0.2) is 30.3 Å². The van der Waals surface area contributed by atoms with E-state index in [0.29, 0.717) is 0 Å². The van der Waals surface area contributed by atoms with Crippen LogP contribution in [0.3, 0.4) is 0 Å². The van der Waals surface area contributed by atoms with Gasteiger partial charge < -0.3 is 4.74 Å². The minimum atomic E-state index is 0.186. The topological polar surface area (TPSA) is 9.23 Å². The fourth-order valence-corrected chi connectivity index (χ4v) is 2.04. The first-order chi connectivity index (χ1) is 6.86. The summed E-state index contributed by atoms with van der Waals surface area (Å²) in [6, 6.07) is 10.3. The normalized spacial score (nSPS) is 22.6. The minimum absolute atomic E-state index is 0.186. The SMILES string of the molecule is S=C1CCCCC(c2ccccc2)O1. The predicted molar refractivity (Wildman–Crippen MR) is 61.3 cm³/mol. The number of hydrogen-bond acceptors (Lipinski definition) is 2. The third-order valence-corrected chi connectivity index (χ3v) is 2.84. The quantitative estimate of drug-likeness (QED) is 0.649. The van der Waals surface area contributed by atoms with Crippen LogP contribution in [0.2, 0.25) is 0 Å².